The zero-order valence-electron chi connectivity index (χ0n) is 12.4. The molecule has 1 aromatic rings. The van der Waals surface area contributed by atoms with Crippen molar-refractivity contribution in [3.8, 4) is 11.8 Å². The molecule has 0 amide bonds. The number of aliphatic hydroxyl groups excluding tert-OH is 1. The van der Waals surface area contributed by atoms with Gasteiger partial charge in [0.15, 0.2) is 0 Å². The first-order chi connectivity index (χ1) is 10.0. The van der Waals surface area contributed by atoms with Crippen LogP contribution >= 0.6 is 0 Å². The van der Waals surface area contributed by atoms with E-state index in [9.17, 15) is 8.42 Å². The maximum absolute atomic E-state index is 12.1. The van der Waals surface area contributed by atoms with E-state index >= 15 is 0 Å². The molecule has 0 aromatic heterocycles. The van der Waals surface area contributed by atoms with E-state index in [4.69, 9.17) is 9.84 Å². The average molecular weight is 311 g/mol. The molecule has 0 aliphatic carbocycles. The fourth-order valence-electron chi connectivity index (χ4n) is 1.72. The molecule has 1 aromatic carbocycles. The minimum Gasteiger partial charge on any atom is -0.384 e. The number of sulfonamides is 1. The lowest BCUT2D eigenvalue weighted by Gasteiger charge is -2.18. The number of aliphatic hydroxyl groups is 1. The van der Waals surface area contributed by atoms with Gasteiger partial charge in [-0.3, -0.25) is 0 Å². The van der Waals surface area contributed by atoms with Gasteiger partial charge in [-0.15, -0.1) is 0 Å². The lowest BCUT2D eigenvalue weighted by molar-refractivity contribution is 0.162. The molecule has 116 valence electrons. The summed E-state index contributed by atoms with van der Waals surface area (Å²) in [4.78, 5) is 0. The molecule has 1 N–H and O–H groups in total. The summed E-state index contributed by atoms with van der Waals surface area (Å²) < 4.78 is 30.6. The second-order valence-electron chi connectivity index (χ2n) is 4.39. The predicted molar refractivity (Wildman–Crippen MR) is 82.2 cm³/mol. The van der Waals surface area contributed by atoms with Crippen LogP contribution in [0.2, 0.25) is 0 Å². The maximum Gasteiger partial charge on any atom is 0.216 e. The highest BCUT2D eigenvalue weighted by molar-refractivity contribution is 7.89. The molecule has 0 spiro atoms. The highest BCUT2D eigenvalue weighted by Crippen LogP contribution is 2.12. The third-order valence-electron chi connectivity index (χ3n) is 2.88. The highest BCUT2D eigenvalue weighted by Gasteiger charge is 2.18. The molecule has 0 unspecified atom stereocenters. The molecule has 5 nitrogen and oxygen atoms in total. The summed E-state index contributed by atoms with van der Waals surface area (Å²) in [5, 5.41) is 8.76. The summed E-state index contributed by atoms with van der Waals surface area (Å²) in [5.74, 6) is 5.36. The van der Waals surface area contributed by atoms with E-state index < -0.39 is 10.0 Å². The van der Waals surface area contributed by atoms with Crippen LogP contribution in [0.1, 0.15) is 18.1 Å². The van der Waals surface area contributed by atoms with Gasteiger partial charge in [0.25, 0.3) is 0 Å². The Morgan fingerprint density at radius 1 is 1.33 bits per heavy atom. The summed E-state index contributed by atoms with van der Waals surface area (Å²) in [5.41, 5.74) is 1.53. The van der Waals surface area contributed by atoms with Gasteiger partial charge in [0, 0.05) is 25.8 Å². The zero-order chi connectivity index (χ0) is 15.7. The van der Waals surface area contributed by atoms with Crippen LogP contribution in [0.3, 0.4) is 0 Å². The molecular formula is C15H21NO4S. The van der Waals surface area contributed by atoms with E-state index in [2.05, 4.69) is 11.8 Å². The van der Waals surface area contributed by atoms with E-state index in [0.29, 0.717) is 6.61 Å². The van der Waals surface area contributed by atoms with Crippen LogP contribution in [0.25, 0.3) is 0 Å². The minimum atomic E-state index is -3.36. The summed E-state index contributed by atoms with van der Waals surface area (Å²) in [6, 6.07) is 7.29. The second kappa shape index (κ2) is 8.80. The monoisotopic (exact) mass is 311 g/mol. The predicted octanol–water partition coefficient (Wildman–Crippen LogP) is 0.829. The van der Waals surface area contributed by atoms with E-state index in [0.717, 1.165) is 11.1 Å². The van der Waals surface area contributed by atoms with Gasteiger partial charge >= 0.3 is 0 Å². The molecule has 0 bridgehead atoms. The Labute approximate surface area is 126 Å². The normalized spacial score (nSPS) is 11.2. The van der Waals surface area contributed by atoms with Gasteiger partial charge in [0.1, 0.15) is 6.61 Å². The van der Waals surface area contributed by atoms with Gasteiger partial charge in [-0.2, -0.15) is 0 Å². The number of hydrogen-bond donors (Lipinski definition) is 1. The number of rotatable bonds is 7. The molecule has 21 heavy (non-hydrogen) atoms. The third-order valence-corrected chi connectivity index (χ3v) is 4.64. The van der Waals surface area contributed by atoms with Crippen LogP contribution in [0, 0.1) is 11.8 Å². The number of hydrogen-bond acceptors (Lipinski definition) is 4. The van der Waals surface area contributed by atoms with Crippen LogP contribution in [-0.4, -0.2) is 50.5 Å². The number of benzene rings is 1. The summed E-state index contributed by atoms with van der Waals surface area (Å²) >= 11 is 0. The van der Waals surface area contributed by atoms with E-state index in [-0.39, 0.29) is 25.5 Å². The first-order valence-electron chi connectivity index (χ1n) is 6.70. The number of nitrogens with zero attached hydrogens (tertiary/aromatic N) is 1. The molecule has 0 aliphatic rings. The van der Waals surface area contributed by atoms with Crippen LogP contribution in [0.5, 0.6) is 0 Å². The summed E-state index contributed by atoms with van der Waals surface area (Å²) in [6.07, 6.45) is 0. The largest absolute Gasteiger partial charge is 0.384 e. The average Bonchev–Trinajstić information content (AvgIpc) is 2.46. The van der Waals surface area contributed by atoms with Crippen molar-refractivity contribution in [3.63, 3.8) is 0 Å². The zero-order valence-corrected chi connectivity index (χ0v) is 13.2. The Kier molecular flexibility index (Phi) is 7.40. The fraction of sp³-hybridized carbons (Fsp3) is 0.467. The molecule has 0 saturated carbocycles. The van der Waals surface area contributed by atoms with Crippen molar-refractivity contribution in [1.82, 2.24) is 4.31 Å². The van der Waals surface area contributed by atoms with Crippen molar-refractivity contribution < 1.29 is 18.3 Å². The van der Waals surface area contributed by atoms with E-state index in [1.54, 1.807) is 6.07 Å². The van der Waals surface area contributed by atoms with Gasteiger partial charge in [-0.1, -0.05) is 30.0 Å². The van der Waals surface area contributed by atoms with Crippen molar-refractivity contribution in [3.05, 3.63) is 35.4 Å². The molecule has 0 saturated heterocycles. The van der Waals surface area contributed by atoms with E-state index in [1.807, 2.05) is 25.1 Å². The smallest absolute Gasteiger partial charge is 0.216 e. The minimum absolute atomic E-state index is 0.0399. The van der Waals surface area contributed by atoms with Crippen LogP contribution in [0.15, 0.2) is 24.3 Å². The van der Waals surface area contributed by atoms with Crippen molar-refractivity contribution >= 4 is 10.0 Å². The molecule has 0 fully saturated rings. The van der Waals surface area contributed by atoms with Crippen molar-refractivity contribution in [2.75, 3.05) is 32.6 Å². The summed E-state index contributed by atoms with van der Waals surface area (Å²) in [7, 11) is -1.82. The molecule has 0 heterocycles. The summed E-state index contributed by atoms with van der Waals surface area (Å²) in [6.45, 7) is 2.53. The molecule has 1 rings (SSSR count). The molecule has 0 atom stereocenters. The molecular weight excluding hydrogens is 290 g/mol. The topological polar surface area (TPSA) is 66.8 Å². The van der Waals surface area contributed by atoms with Gasteiger partial charge in [0.2, 0.25) is 10.0 Å². The SMILES string of the molecule is CCOCCS(=O)(=O)N(C)Cc1ccccc1C#CCO. The third kappa shape index (κ3) is 5.86. The molecule has 6 heteroatoms. The van der Waals surface area contributed by atoms with Crippen molar-refractivity contribution in [1.29, 1.82) is 0 Å². The highest BCUT2D eigenvalue weighted by atomic mass is 32.2. The number of ether oxygens (including phenoxy) is 1. The standard InChI is InChI=1S/C15H21NO4S/c1-3-20-11-12-21(18,19)16(2)13-15-8-5-4-7-14(15)9-6-10-17/h4-5,7-8,17H,3,10-13H2,1-2H3. The maximum atomic E-state index is 12.1. The Balaban J connectivity index is 2.81. The quantitative estimate of drug-likeness (QED) is 0.598. The van der Waals surface area contributed by atoms with Gasteiger partial charge in [-0.25, -0.2) is 12.7 Å². The Morgan fingerprint density at radius 2 is 2.05 bits per heavy atom. The first kappa shape index (κ1) is 17.7. The fourth-order valence-corrected chi connectivity index (χ4v) is 2.69. The van der Waals surface area contributed by atoms with Crippen LogP contribution in [-0.2, 0) is 21.3 Å². The van der Waals surface area contributed by atoms with Crippen LogP contribution in [0.4, 0.5) is 0 Å². The lowest BCUT2D eigenvalue weighted by Crippen LogP contribution is -2.30. The van der Waals surface area contributed by atoms with Crippen LogP contribution < -0.4 is 0 Å². The first-order valence-corrected chi connectivity index (χ1v) is 8.31. The van der Waals surface area contributed by atoms with Gasteiger partial charge in [0.05, 0.1) is 12.4 Å². The van der Waals surface area contributed by atoms with Crippen molar-refractivity contribution in [2.24, 2.45) is 0 Å². The Hall–Kier alpha value is -1.39. The lowest BCUT2D eigenvalue weighted by atomic mass is 10.1. The second-order valence-corrected chi connectivity index (χ2v) is 6.58. The molecule has 0 aliphatic heterocycles. The Morgan fingerprint density at radius 3 is 2.71 bits per heavy atom. The van der Waals surface area contributed by atoms with Gasteiger partial charge in [-0.05, 0) is 18.6 Å². The van der Waals surface area contributed by atoms with Gasteiger partial charge < -0.3 is 9.84 Å². The Bertz CT molecular complexity index is 602. The van der Waals surface area contributed by atoms with E-state index in [1.165, 1.54) is 11.4 Å². The van der Waals surface area contributed by atoms with Crippen molar-refractivity contribution in [2.45, 2.75) is 13.5 Å². The molecule has 0 radical (unpaired) electrons.